The lowest BCUT2D eigenvalue weighted by atomic mass is 10.1. The number of pyridine rings is 1. The van der Waals surface area contributed by atoms with E-state index in [9.17, 15) is 9.59 Å². The van der Waals surface area contributed by atoms with Gasteiger partial charge in [-0.1, -0.05) is 0 Å². The Hall–Kier alpha value is -4.15. The third kappa shape index (κ3) is 6.13. The maximum atomic E-state index is 13.3. The minimum absolute atomic E-state index is 0.000429. The third-order valence-electron chi connectivity index (χ3n) is 6.71. The number of nitrogens with one attached hydrogen (secondary N) is 2. The van der Waals surface area contributed by atoms with E-state index in [2.05, 4.69) is 20.2 Å². The second-order valence-electron chi connectivity index (χ2n) is 9.42. The number of Topliss-reactive ketones (excluding diaryl/α,β-unsaturated/α-hetero) is 1. The summed E-state index contributed by atoms with van der Waals surface area (Å²) in [5.74, 6) is -0.596. The SMILES string of the molecule is COCCOC(=O)C1=C(Nc2ccc(OCCN3CCCC3)cc2C)OC(=Cc2c[nH]c3ncccc23)C1=O. The minimum atomic E-state index is -0.789. The molecule has 2 aliphatic heterocycles. The third-order valence-corrected chi connectivity index (χ3v) is 6.71. The van der Waals surface area contributed by atoms with Gasteiger partial charge in [-0.2, -0.15) is 0 Å². The highest BCUT2D eigenvalue weighted by Gasteiger charge is 2.37. The van der Waals surface area contributed by atoms with Crippen LogP contribution in [0.5, 0.6) is 5.75 Å². The van der Waals surface area contributed by atoms with Crippen molar-refractivity contribution < 1.29 is 28.5 Å². The number of aryl methyl sites for hydroxylation is 1. The molecule has 2 aliphatic rings. The van der Waals surface area contributed by atoms with Gasteiger partial charge < -0.3 is 29.2 Å². The topological polar surface area (TPSA) is 115 Å². The molecule has 1 fully saturated rings. The number of aromatic amines is 1. The molecule has 3 aromatic rings. The fourth-order valence-corrected chi connectivity index (χ4v) is 4.62. The molecule has 0 atom stereocenters. The standard InChI is InChI=1S/C29H32N4O6/c1-19-16-21(37-13-12-33-10-3-4-11-33)7-8-23(19)32-28-25(29(35)38-15-14-36-2)26(34)24(39-28)17-20-18-31-27-22(20)6-5-9-30-27/h5-9,16-18,32H,3-4,10-15H2,1-2H3,(H,30,31). The number of likely N-dealkylation sites (tertiary alicyclic amines) is 1. The van der Waals surface area contributed by atoms with Gasteiger partial charge in [-0.05, 0) is 74.8 Å². The summed E-state index contributed by atoms with van der Waals surface area (Å²) < 4.78 is 22.1. The Bertz CT molecular complexity index is 1420. The first-order valence-corrected chi connectivity index (χ1v) is 13.0. The summed E-state index contributed by atoms with van der Waals surface area (Å²) in [4.78, 5) is 36.0. The fourth-order valence-electron chi connectivity index (χ4n) is 4.62. The van der Waals surface area contributed by atoms with Gasteiger partial charge in [0.2, 0.25) is 11.7 Å². The van der Waals surface area contributed by atoms with E-state index in [1.807, 2.05) is 37.3 Å². The largest absolute Gasteiger partial charge is 0.492 e. The first kappa shape index (κ1) is 26.5. The lowest BCUT2D eigenvalue weighted by Crippen LogP contribution is -2.25. The zero-order valence-electron chi connectivity index (χ0n) is 22.1. The van der Waals surface area contributed by atoms with Crippen LogP contribution in [0.3, 0.4) is 0 Å². The molecule has 0 saturated carbocycles. The summed E-state index contributed by atoms with van der Waals surface area (Å²) in [6.45, 7) is 5.91. The molecule has 0 amide bonds. The smallest absolute Gasteiger partial charge is 0.347 e. The van der Waals surface area contributed by atoms with E-state index in [-0.39, 0.29) is 30.4 Å². The predicted molar refractivity (Wildman–Crippen MR) is 146 cm³/mol. The van der Waals surface area contributed by atoms with Gasteiger partial charge in [-0.15, -0.1) is 0 Å². The number of ether oxygens (including phenoxy) is 4. The van der Waals surface area contributed by atoms with Crippen LogP contribution in [-0.4, -0.2) is 73.2 Å². The highest BCUT2D eigenvalue weighted by molar-refractivity contribution is 6.26. The van der Waals surface area contributed by atoms with Crippen LogP contribution in [0.1, 0.15) is 24.0 Å². The van der Waals surface area contributed by atoms with Gasteiger partial charge in [0.1, 0.15) is 24.6 Å². The van der Waals surface area contributed by atoms with E-state index in [4.69, 9.17) is 18.9 Å². The molecule has 10 heteroatoms. The van der Waals surface area contributed by atoms with Crippen LogP contribution >= 0.6 is 0 Å². The Balaban J connectivity index is 1.35. The first-order chi connectivity index (χ1) is 19.0. The van der Waals surface area contributed by atoms with Crippen molar-refractivity contribution in [2.24, 2.45) is 0 Å². The maximum Gasteiger partial charge on any atom is 0.347 e. The average Bonchev–Trinajstić information content (AvgIpc) is 3.66. The van der Waals surface area contributed by atoms with Gasteiger partial charge in [0.05, 0.1) is 6.61 Å². The van der Waals surface area contributed by atoms with Crippen molar-refractivity contribution in [3.63, 3.8) is 0 Å². The number of anilines is 1. The monoisotopic (exact) mass is 532 g/mol. The predicted octanol–water partition coefficient (Wildman–Crippen LogP) is 3.80. The number of methoxy groups -OCH3 is 1. The molecule has 0 unspecified atom stereocenters. The summed E-state index contributed by atoms with van der Waals surface area (Å²) >= 11 is 0. The van der Waals surface area contributed by atoms with Crippen molar-refractivity contribution in [3.05, 3.63) is 71.1 Å². The molecule has 2 N–H and O–H groups in total. The molecule has 4 heterocycles. The van der Waals surface area contributed by atoms with E-state index >= 15 is 0 Å². The van der Waals surface area contributed by atoms with E-state index in [0.717, 1.165) is 36.3 Å². The molecule has 39 heavy (non-hydrogen) atoms. The van der Waals surface area contributed by atoms with Crippen LogP contribution in [-0.2, 0) is 23.8 Å². The molecule has 10 nitrogen and oxygen atoms in total. The van der Waals surface area contributed by atoms with Crippen molar-refractivity contribution in [3.8, 4) is 5.75 Å². The number of aromatic nitrogens is 2. The molecule has 0 radical (unpaired) electrons. The Morgan fingerprint density at radius 2 is 2.05 bits per heavy atom. The van der Waals surface area contributed by atoms with Crippen LogP contribution < -0.4 is 10.1 Å². The Labute approximate surface area is 226 Å². The number of nitrogens with zero attached hydrogens (tertiary/aromatic N) is 2. The first-order valence-electron chi connectivity index (χ1n) is 13.0. The van der Waals surface area contributed by atoms with Crippen LogP contribution in [0, 0.1) is 6.92 Å². The summed E-state index contributed by atoms with van der Waals surface area (Å²) in [5.41, 5.74) is 2.72. The van der Waals surface area contributed by atoms with Gasteiger partial charge in [0.25, 0.3) is 0 Å². The average molecular weight is 533 g/mol. The summed E-state index contributed by atoms with van der Waals surface area (Å²) in [6, 6.07) is 9.29. The summed E-state index contributed by atoms with van der Waals surface area (Å²) in [5, 5.41) is 3.94. The van der Waals surface area contributed by atoms with Crippen molar-refractivity contribution in [2.45, 2.75) is 19.8 Å². The number of benzene rings is 1. The number of carbonyl (C=O) groups excluding carboxylic acids is 2. The molecule has 0 aliphatic carbocycles. The molecule has 0 bridgehead atoms. The summed E-state index contributed by atoms with van der Waals surface area (Å²) in [7, 11) is 1.50. The number of esters is 1. The van der Waals surface area contributed by atoms with Crippen LogP contribution in [0.25, 0.3) is 17.1 Å². The highest BCUT2D eigenvalue weighted by atomic mass is 16.6. The minimum Gasteiger partial charge on any atom is -0.492 e. The number of allylic oxidation sites excluding steroid dienone is 1. The Morgan fingerprint density at radius 3 is 2.85 bits per heavy atom. The zero-order valence-corrected chi connectivity index (χ0v) is 22.1. The van der Waals surface area contributed by atoms with Crippen LogP contribution in [0.4, 0.5) is 5.69 Å². The number of fused-ring (bicyclic) bond motifs is 1. The van der Waals surface area contributed by atoms with Crippen molar-refractivity contribution in [2.75, 3.05) is 51.9 Å². The molecule has 5 rings (SSSR count). The maximum absolute atomic E-state index is 13.3. The fraction of sp³-hybridized carbons (Fsp3) is 0.345. The van der Waals surface area contributed by atoms with E-state index in [0.29, 0.717) is 23.5 Å². The van der Waals surface area contributed by atoms with E-state index in [1.54, 1.807) is 18.5 Å². The lowest BCUT2D eigenvalue weighted by molar-refractivity contribution is -0.141. The molecular weight excluding hydrogens is 500 g/mol. The molecule has 2 aromatic heterocycles. The Kier molecular flexibility index (Phi) is 8.24. The van der Waals surface area contributed by atoms with Gasteiger partial charge in [-0.25, -0.2) is 9.78 Å². The number of carbonyl (C=O) groups is 2. The number of hydrogen-bond donors (Lipinski definition) is 2. The van der Waals surface area contributed by atoms with Crippen molar-refractivity contribution in [1.82, 2.24) is 14.9 Å². The van der Waals surface area contributed by atoms with Gasteiger partial charge in [-0.3, -0.25) is 9.69 Å². The number of H-pyrrole nitrogens is 1. The van der Waals surface area contributed by atoms with Gasteiger partial charge >= 0.3 is 5.97 Å². The summed E-state index contributed by atoms with van der Waals surface area (Å²) in [6.07, 6.45) is 7.49. The molecule has 204 valence electrons. The molecule has 0 spiro atoms. The van der Waals surface area contributed by atoms with E-state index < -0.39 is 11.8 Å². The second-order valence-corrected chi connectivity index (χ2v) is 9.42. The van der Waals surface area contributed by atoms with Crippen LogP contribution in [0.15, 0.2) is 59.9 Å². The van der Waals surface area contributed by atoms with E-state index in [1.165, 1.54) is 20.0 Å². The van der Waals surface area contributed by atoms with Gasteiger partial charge in [0.15, 0.2) is 11.3 Å². The zero-order chi connectivity index (χ0) is 27.2. The Morgan fingerprint density at radius 1 is 1.21 bits per heavy atom. The lowest BCUT2D eigenvalue weighted by Gasteiger charge is -2.16. The highest BCUT2D eigenvalue weighted by Crippen LogP contribution is 2.32. The normalized spacial score (nSPS) is 16.8. The van der Waals surface area contributed by atoms with Crippen molar-refractivity contribution >= 4 is 34.5 Å². The van der Waals surface area contributed by atoms with Gasteiger partial charge in [0, 0.05) is 42.7 Å². The quantitative estimate of drug-likeness (QED) is 0.165. The molecular formula is C29H32N4O6. The van der Waals surface area contributed by atoms with Crippen molar-refractivity contribution in [1.29, 1.82) is 0 Å². The molecule has 1 aromatic carbocycles. The number of hydrogen-bond acceptors (Lipinski definition) is 9. The number of rotatable bonds is 11. The number of ketones is 1. The molecule has 1 saturated heterocycles. The second kappa shape index (κ2) is 12.1. The van der Waals surface area contributed by atoms with Crippen LogP contribution in [0.2, 0.25) is 0 Å².